The zero-order valence-corrected chi connectivity index (χ0v) is 11.3. The van der Waals surface area contributed by atoms with E-state index in [-0.39, 0.29) is 11.9 Å². The van der Waals surface area contributed by atoms with Crippen molar-refractivity contribution in [3.8, 4) is 0 Å². The molecule has 5 heteroatoms. The fourth-order valence-electron chi connectivity index (χ4n) is 2.03. The number of carbonyl (C=O) groups is 2. The minimum Gasteiger partial charge on any atom is -0.336 e. The zero-order chi connectivity index (χ0) is 13.8. The van der Waals surface area contributed by atoms with E-state index in [0.717, 1.165) is 11.4 Å². The summed E-state index contributed by atoms with van der Waals surface area (Å²) in [5.74, 6) is 0.356. The number of hydrogen-bond acceptors (Lipinski definition) is 2. The van der Waals surface area contributed by atoms with Gasteiger partial charge in [0.05, 0.1) is 0 Å². The van der Waals surface area contributed by atoms with Gasteiger partial charge in [0.2, 0.25) is 5.91 Å². The minimum atomic E-state index is -0.0726. The van der Waals surface area contributed by atoms with Crippen molar-refractivity contribution in [1.82, 2.24) is 5.32 Å². The number of anilines is 2. The van der Waals surface area contributed by atoms with Gasteiger partial charge in [0.25, 0.3) is 0 Å². The Morgan fingerprint density at radius 1 is 1.37 bits per heavy atom. The van der Waals surface area contributed by atoms with Crippen LogP contribution < -0.4 is 15.5 Å². The Morgan fingerprint density at radius 2 is 2.05 bits per heavy atom. The topological polar surface area (TPSA) is 61.4 Å². The number of nitrogens with one attached hydrogen (secondary N) is 2. The van der Waals surface area contributed by atoms with Gasteiger partial charge < -0.3 is 10.6 Å². The summed E-state index contributed by atoms with van der Waals surface area (Å²) in [6, 6.07) is 7.25. The van der Waals surface area contributed by atoms with E-state index in [1.807, 2.05) is 38.1 Å². The fourth-order valence-corrected chi connectivity index (χ4v) is 2.03. The molecule has 19 heavy (non-hydrogen) atoms. The van der Waals surface area contributed by atoms with Crippen molar-refractivity contribution in [3.63, 3.8) is 0 Å². The van der Waals surface area contributed by atoms with Crippen LogP contribution in [0.15, 0.2) is 24.3 Å². The van der Waals surface area contributed by atoms with Gasteiger partial charge in [-0.3, -0.25) is 9.69 Å². The molecule has 0 aliphatic carbocycles. The second kappa shape index (κ2) is 5.73. The standard InChI is InChI=1S/C14H19N3O2/c1-10(2)9-13(18)16-11-3-5-12(6-4-11)17-8-7-15-14(17)19/h3-6,10H,7-9H2,1-2H3,(H,15,19)(H,16,18). The van der Waals surface area contributed by atoms with Crippen LogP contribution in [0.2, 0.25) is 0 Å². The molecule has 0 atom stereocenters. The second-order valence-electron chi connectivity index (χ2n) is 5.08. The van der Waals surface area contributed by atoms with Crippen LogP contribution in [0.5, 0.6) is 0 Å². The summed E-state index contributed by atoms with van der Waals surface area (Å²) in [5, 5.41) is 5.60. The maximum Gasteiger partial charge on any atom is 0.321 e. The molecule has 3 amide bonds. The van der Waals surface area contributed by atoms with Crippen molar-refractivity contribution >= 4 is 23.3 Å². The molecule has 1 saturated heterocycles. The van der Waals surface area contributed by atoms with Gasteiger partial charge in [0.1, 0.15) is 0 Å². The summed E-state index contributed by atoms with van der Waals surface area (Å²) >= 11 is 0. The zero-order valence-electron chi connectivity index (χ0n) is 11.3. The average Bonchev–Trinajstić information content (AvgIpc) is 2.75. The van der Waals surface area contributed by atoms with Gasteiger partial charge in [0, 0.05) is 30.9 Å². The molecule has 1 aromatic rings. The van der Waals surface area contributed by atoms with Crippen molar-refractivity contribution in [3.05, 3.63) is 24.3 Å². The molecule has 5 nitrogen and oxygen atoms in total. The van der Waals surface area contributed by atoms with E-state index in [2.05, 4.69) is 10.6 Å². The molecule has 0 aromatic heterocycles. The average molecular weight is 261 g/mol. The van der Waals surface area contributed by atoms with Gasteiger partial charge in [-0.05, 0) is 30.2 Å². The number of hydrogen-bond donors (Lipinski definition) is 2. The lowest BCUT2D eigenvalue weighted by Gasteiger charge is -2.15. The molecule has 0 spiro atoms. The summed E-state index contributed by atoms with van der Waals surface area (Å²) < 4.78 is 0. The molecule has 0 saturated carbocycles. The molecule has 2 rings (SSSR count). The van der Waals surface area contributed by atoms with Gasteiger partial charge in [-0.15, -0.1) is 0 Å². The van der Waals surface area contributed by atoms with Crippen molar-refractivity contribution in [2.45, 2.75) is 20.3 Å². The van der Waals surface area contributed by atoms with Gasteiger partial charge in [-0.2, -0.15) is 0 Å². The van der Waals surface area contributed by atoms with Crippen molar-refractivity contribution < 1.29 is 9.59 Å². The molecule has 2 N–H and O–H groups in total. The maximum atomic E-state index is 11.6. The van der Waals surface area contributed by atoms with Crippen LogP contribution in [0.4, 0.5) is 16.2 Å². The number of carbonyl (C=O) groups excluding carboxylic acids is 2. The lowest BCUT2D eigenvalue weighted by atomic mass is 10.1. The van der Waals surface area contributed by atoms with E-state index < -0.39 is 0 Å². The van der Waals surface area contributed by atoms with E-state index in [0.29, 0.717) is 25.4 Å². The Kier molecular flexibility index (Phi) is 4.04. The highest BCUT2D eigenvalue weighted by molar-refractivity contribution is 5.95. The summed E-state index contributed by atoms with van der Waals surface area (Å²) in [6.45, 7) is 5.37. The third-order valence-corrected chi connectivity index (χ3v) is 2.91. The summed E-state index contributed by atoms with van der Waals surface area (Å²) in [7, 11) is 0. The van der Waals surface area contributed by atoms with Crippen LogP contribution in [-0.2, 0) is 4.79 Å². The van der Waals surface area contributed by atoms with E-state index in [4.69, 9.17) is 0 Å². The Balaban J connectivity index is 1.98. The van der Waals surface area contributed by atoms with Crippen LogP contribution in [0, 0.1) is 5.92 Å². The van der Waals surface area contributed by atoms with Gasteiger partial charge in [0.15, 0.2) is 0 Å². The normalized spacial score (nSPS) is 14.7. The number of nitrogens with zero attached hydrogens (tertiary/aromatic N) is 1. The fraction of sp³-hybridized carbons (Fsp3) is 0.429. The molecule has 1 aliphatic heterocycles. The van der Waals surface area contributed by atoms with Gasteiger partial charge >= 0.3 is 6.03 Å². The van der Waals surface area contributed by atoms with Crippen molar-refractivity contribution in [2.24, 2.45) is 5.92 Å². The van der Waals surface area contributed by atoms with E-state index in [1.165, 1.54) is 0 Å². The molecule has 102 valence electrons. The molecule has 1 aromatic carbocycles. The predicted molar refractivity (Wildman–Crippen MR) is 75.3 cm³/mol. The third kappa shape index (κ3) is 3.47. The van der Waals surface area contributed by atoms with Gasteiger partial charge in [-0.1, -0.05) is 13.8 Å². The lowest BCUT2D eigenvalue weighted by molar-refractivity contribution is -0.116. The first-order valence-electron chi connectivity index (χ1n) is 6.51. The largest absolute Gasteiger partial charge is 0.336 e. The SMILES string of the molecule is CC(C)CC(=O)Nc1ccc(N2CCNC2=O)cc1. The molecule has 0 bridgehead atoms. The summed E-state index contributed by atoms with van der Waals surface area (Å²) in [5.41, 5.74) is 1.60. The molecular formula is C14H19N3O2. The van der Waals surface area contributed by atoms with Crippen molar-refractivity contribution in [2.75, 3.05) is 23.3 Å². The van der Waals surface area contributed by atoms with E-state index in [1.54, 1.807) is 4.90 Å². The number of rotatable bonds is 4. The van der Waals surface area contributed by atoms with Crippen LogP contribution in [-0.4, -0.2) is 25.0 Å². The second-order valence-corrected chi connectivity index (χ2v) is 5.08. The first-order chi connectivity index (χ1) is 9.06. The first-order valence-corrected chi connectivity index (χ1v) is 6.51. The Hall–Kier alpha value is -2.04. The molecule has 0 radical (unpaired) electrons. The van der Waals surface area contributed by atoms with Crippen LogP contribution >= 0.6 is 0 Å². The van der Waals surface area contributed by atoms with E-state index >= 15 is 0 Å². The molecule has 0 unspecified atom stereocenters. The summed E-state index contributed by atoms with van der Waals surface area (Å²) in [6.07, 6.45) is 0.510. The van der Waals surface area contributed by atoms with Gasteiger partial charge in [-0.25, -0.2) is 4.79 Å². The molecule has 1 heterocycles. The van der Waals surface area contributed by atoms with E-state index in [9.17, 15) is 9.59 Å². The monoisotopic (exact) mass is 261 g/mol. The molecule has 1 aliphatic rings. The maximum absolute atomic E-state index is 11.6. The van der Waals surface area contributed by atoms with Crippen LogP contribution in [0.3, 0.4) is 0 Å². The lowest BCUT2D eigenvalue weighted by Crippen LogP contribution is -2.27. The number of benzene rings is 1. The predicted octanol–water partition coefficient (Wildman–Crippen LogP) is 2.20. The summed E-state index contributed by atoms with van der Waals surface area (Å²) in [4.78, 5) is 24.8. The quantitative estimate of drug-likeness (QED) is 0.872. The molecule has 1 fully saturated rings. The third-order valence-electron chi connectivity index (χ3n) is 2.91. The highest BCUT2D eigenvalue weighted by Crippen LogP contribution is 2.19. The number of amides is 3. The Morgan fingerprint density at radius 3 is 2.58 bits per heavy atom. The first kappa shape index (κ1) is 13.4. The van der Waals surface area contributed by atoms with Crippen LogP contribution in [0.1, 0.15) is 20.3 Å². The minimum absolute atomic E-state index is 0.0154. The Labute approximate surface area is 113 Å². The smallest absolute Gasteiger partial charge is 0.321 e. The highest BCUT2D eigenvalue weighted by Gasteiger charge is 2.20. The van der Waals surface area contributed by atoms with Crippen molar-refractivity contribution in [1.29, 1.82) is 0 Å². The number of urea groups is 1. The van der Waals surface area contributed by atoms with Crippen LogP contribution in [0.25, 0.3) is 0 Å². The Bertz CT molecular complexity index is 468. The molecular weight excluding hydrogens is 242 g/mol. The highest BCUT2D eigenvalue weighted by atomic mass is 16.2.